The van der Waals surface area contributed by atoms with Gasteiger partial charge in [-0.2, -0.15) is 39.5 Å². The van der Waals surface area contributed by atoms with E-state index in [0.29, 0.717) is 17.8 Å². The summed E-state index contributed by atoms with van der Waals surface area (Å²) in [5.41, 5.74) is -6.93. The molecule has 0 N–H and O–H groups in total. The zero-order valence-electron chi connectivity index (χ0n) is 14.4. The van der Waals surface area contributed by atoms with E-state index in [1.807, 2.05) is 0 Å². The van der Waals surface area contributed by atoms with Gasteiger partial charge in [0.05, 0.1) is 28.8 Å². The minimum atomic E-state index is -5.26. The Morgan fingerprint density at radius 1 is 0.862 bits per heavy atom. The fourth-order valence-electron chi connectivity index (χ4n) is 2.48. The van der Waals surface area contributed by atoms with Gasteiger partial charge in [0.1, 0.15) is 5.69 Å². The molecule has 29 heavy (non-hydrogen) atoms. The number of ether oxygens (including phenoxy) is 1. The number of thioether (sulfide) groups is 1. The lowest BCUT2D eigenvalue weighted by Crippen LogP contribution is -2.16. The lowest BCUT2D eigenvalue weighted by molar-refractivity contribution is -0.143. The molecule has 3 nitrogen and oxygen atoms in total. The fraction of sp³-hybridized carbons (Fsp3) is 0.312. The molecular formula is C16H10F9NO2S. The Balaban J connectivity index is 2.96. The zero-order valence-corrected chi connectivity index (χ0v) is 15.2. The molecule has 1 aromatic heterocycles. The number of carbonyl (C=O) groups is 1. The first-order valence-corrected chi connectivity index (χ1v) is 8.58. The number of aromatic nitrogens is 1. The molecule has 0 radical (unpaired) electrons. The predicted molar refractivity (Wildman–Crippen MR) is 83.9 cm³/mol. The molecular weight excluding hydrogens is 441 g/mol. The van der Waals surface area contributed by atoms with Gasteiger partial charge in [0, 0.05) is 5.69 Å². The first-order valence-electron chi connectivity index (χ1n) is 7.36. The van der Waals surface area contributed by atoms with Gasteiger partial charge in [0.15, 0.2) is 0 Å². The maximum absolute atomic E-state index is 13.5. The SMILES string of the molecule is COC(=O)c1cc(C(F)(F)F)n(-c2cc(C(F)(F)F)cc(C(F)(F)F)c2)c1SC. The van der Waals surface area contributed by atoms with Crippen molar-refractivity contribution in [2.45, 2.75) is 23.6 Å². The summed E-state index contributed by atoms with van der Waals surface area (Å²) in [6.45, 7) is 0. The summed E-state index contributed by atoms with van der Waals surface area (Å²) in [4.78, 5) is 11.8. The minimum Gasteiger partial charge on any atom is -0.465 e. The lowest BCUT2D eigenvalue weighted by Gasteiger charge is -2.19. The maximum Gasteiger partial charge on any atom is 0.431 e. The van der Waals surface area contributed by atoms with Crippen molar-refractivity contribution < 1.29 is 49.0 Å². The molecule has 1 heterocycles. The van der Waals surface area contributed by atoms with Crippen LogP contribution in [0, 0.1) is 0 Å². The van der Waals surface area contributed by atoms with Gasteiger partial charge < -0.3 is 4.74 Å². The van der Waals surface area contributed by atoms with Gasteiger partial charge in [-0.25, -0.2) is 4.79 Å². The molecule has 0 aliphatic heterocycles. The summed E-state index contributed by atoms with van der Waals surface area (Å²) < 4.78 is 123. The lowest BCUT2D eigenvalue weighted by atomic mass is 10.1. The van der Waals surface area contributed by atoms with Crippen molar-refractivity contribution in [1.82, 2.24) is 4.57 Å². The summed E-state index contributed by atoms with van der Waals surface area (Å²) in [5.74, 6) is -1.23. The zero-order chi connectivity index (χ0) is 22.4. The van der Waals surface area contributed by atoms with Crippen LogP contribution in [0.25, 0.3) is 5.69 Å². The van der Waals surface area contributed by atoms with Crippen LogP contribution in [0.5, 0.6) is 0 Å². The van der Waals surface area contributed by atoms with Gasteiger partial charge in [0.2, 0.25) is 0 Å². The molecule has 0 saturated heterocycles. The molecule has 0 fully saturated rings. The molecule has 0 saturated carbocycles. The molecule has 2 aromatic rings. The minimum absolute atomic E-state index is 0.126. The molecule has 0 bridgehead atoms. The van der Waals surface area contributed by atoms with E-state index in [4.69, 9.17) is 0 Å². The Hall–Kier alpha value is -2.31. The number of hydrogen-bond donors (Lipinski definition) is 0. The Morgan fingerprint density at radius 3 is 1.69 bits per heavy atom. The second kappa shape index (κ2) is 7.50. The highest BCUT2D eigenvalue weighted by Gasteiger charge is 2.41. The highest BCUT2D eigenvalue weighted by Crippen LogP contribution is 2.42. The van der Waals surface area contributed by atoms with E-state index in [-0.39, 0.29) is 22.8 Å². The van der Waals surface area contributed by atoms with Crippen molar-refractivity contribution in [3.8, 4) is 5.69 Å². The predicted octanol–water partition coefficient (Wildman–Crippen LogP) is 6.04. The summed E-state index contributed by atoms with van der Waals surface area (Å²) >= 11 is 0.524. The number of methoxy groups -OCH3 is 1. The van der Waals surface area contributed by atoms with E-state index < -0.39 is 57.6 Å². The molecule has 1 aromatic carbocycles. The third-order valence-electron chi connectivity index (χ3n) is 3.68. The Labute approximate surface area is 161 Å². The number of benzene rings is 1. The van der Waals surface area contributed by atoms with Crippen LogP contribution in [0.3, 0.4) is 0 Å². The number of nitrogens with zero attached hydrogens (tertiary/aromatic N) is 1. The van der Waals surface area contributed by atoms with Gasteiger partial charge in [0.25, 0.3) is 0 Å². The molecule has 0 aliphatic carbocycles. The van der Waals surface area contributed by atoms with Crippen LogP contribution in [0.1, 0.15) is 27.2 Å². The molecule has 0 atom stereocenters. The van der Waals surface area contributed by atoms with Crippen molar-refractivity contribution in [3.05, 3.63) is 46.6 Å². The van der Waals surface area contributed by atoms with Crippen molar-refractivity contribution in [3.63, 3.8) is 0 Å². The van der Waals surface area contributed by atoms with E-state index in [0.717, 1.165) is 7.11 Å². The first-order chi connectivity index (χ1) is 13.1. The summed E-state index contributed by atoms with van der Waals surface area (Å²) in [7, 11) is 0.864. The Bertz CT molecular complexity index is 894. The average molecular weight is 451 g/mol. The summed E-state index contributed by atoms with van der Waals surface area (Å²) in [5, 5.41) is -0.531. The van der Waals surface area contributed by atoms with Crippen molar-refractivity contribution in [2.75, 3.05) is 13.4 Å². The number of hydrogen-bond acceptors (Lipinski definition) is 3. The van der Waals surface area contributed by atoms with E-state index in [1.54, 1.807) is 0 Å². The van der Waals surface area contributed by atoms with Crippen LogP contribution >= 0.6 is 11.8 Å². The number of rotatable bonds is 3. The molecule has 13 heteroatoms. The fourth-order valence-corrected chi connectivity index (χ4v) is 3.23. The molecule has 0 spiro atoms. The molecule has 2 rings (SSSR count). The second-order valence-corrected chi connectivity index (χ2v) is 6.34. The molecule has 0 amide bonds. The summed E-state index contributed by atoms with van der Waals surface area (Å²) in [6, 6.07) is 0.391. The van der Waals surface area contributed by atoms with E-state index >= 15 is 0 Å². The van der Waals surface area contributed by atoms with Crippen LogP contribution in [0.2, 0.25) is 0 Å². The van der Waals surface area contributed by atoms with Crippen LogP contribution in [-0.4, -0.2) is 23.9 Å². The summed E-state index contributed by atoms with van der Waals surface area (Å²) in [6.07, 6.45) is -14.5. The monoisotopic (exact) mass is 451 g/mol. The third kappa shape index (κ3) is 4.65. The normalized spacial score (nSPS) is 12.9. The van der Waals surface area contributed by atoms with Crippen molar-refractivity contribution >= 4 is 17.7 Å². The highest BCUT2D eigenvalue weighted by molar-refractivity contribution is 7.98. The number of halogens is 9. The maximum atomic E-state index is 13.5. The molecule has 160 valence electrons. The Kier molecular flexibility index (Phi) is 5.94. The van der Waals surface area contributed by atoms with E-state index in [1.165, 1.54) is 6.26 Å². The highest BCUT2D eigenvalue weighted by atomic mass is 32.2. The average Bonchev–Trinajstić information content (AvgIpc) is 2.99. The number of esters is 1. The third-order valence-corrected chi connectivity index (χ3v) is 4.46. The quantitative estimate of drug-likeness (QED) is 0.324. The second-order valence-electron chi connectivity index (χ2n) is 5.54. The van der Waals surface area contributed by atoms with Crippen LogP contribution in [0.15, 0.2) is 29.3 Å². The first kappa shape index (κ1) is 23.0. The van der Waals surface area contributed by atoms with Crippen LogP contribution < -0.4 is 0 Å². The Morgan fingerprint density at radius 2 is 1.34 bits per heavy atom. The molecule has 0 aliphatic rings. The van der Waals surface area contributed by atoms with E-state index in [2.05, 4.69) is 4.74 Å². The largest absolute Gasteiger partial charge is 0.465 e. The van der Waals surface area contributed by atoms with Gasteiger partial charge in [-0.3, -0.25) is 4.57 Å². The van der Waals surface area contributed by atoms with Gasteiger partial charge in [-0.05, 0) is 30.5 Å². The van der Waals surface area contributed by atoms with Crippen LogP contribution in [-0.2, 0) is 23.3 Å². The number of carbonyl (C=O) groups excluding carboxylic acids is 1. The van der Waals surface area contributed by atoms with Crippen molar-refractivity contribution in [2.24, 2.45) is 0 Å². The van der Waals surface area contributed by atoms with Gasteiger partial charge in [-0.1, -0.05) is 0 Å². The van der Waals surface area contributed by atoms with E-state index in [9.17, 15) is 44.3 Å². The van der Waals surface area contributed by atoms with Gasteiger partial charge >= 0.3 is 24.5 Å². The van der Waals surface area contributed by atoms with Gasteiger partial charge in [-0.15, -0.1) is 11.8 Å². The molecule has 0 unspecified atom stereocenters. The topological polar surface area (TPSA) is 31.2 Å². The number of alkyl halides is 9. The smallest absolute Gasteiger partial charge is 0.431 e. The van der Waals surface area contributed by atoms with Crippen LogP contribution in [0.4, 0.5) is 39.5 Å². The standard InChI is InChI=1S/C16H10F9NO2S/c1-28-13(27)10-6-11(16(23,24)25)26(12(10)29-2)9-4-7(14(17,18)19)3-8(5-9)15(20,21)22/h3-6H,1-2H3. The van der Waals surface area contributed by atoms with Crippen molar-refractivity contribution in [1.29, 1.82) is 0 Å².